The summed E-state index contributed by atoms with van der Waals surface area (Å²) in [5, 5.41) is 9.06. The van der Waals surface area contributed by atoms with Gasteiger partial charge >= 0.3 is 5.97 Å². The number of carbonyl (C=O) groups is 2. The summed E-state index contributed by atoms with van der Waals surface area (Å²) in [5.74, 6) is -1.56. The molecule has 0 saturated heterocycles. The number of carbonyl (C=O) groups excluding carboxylic acids is 1. The van der Waals surface area contributed by atoms with Crippen LogP contribution in [0.3, 0.4) is 0 Å². The van der Waals surface area contributed by atoms with Gasteiger partial charge in [-0.25, -0.2) is 4.79 Å². The maximum atomic E-state index is 12.1. The van der Waals surface area contributed by atoms with Crippen molar-refractivity contribution >= 4 is 11.9 Å². The van der Waals surface area contributed by atoms with Gasteiger partial charge in [0.05, 0.1) is 11.1 Å². The van der Waals surface area contributed by atoms with Crippen LogP contribution in [0, 0.1) is 13.8 Å². The van der Waals surface area contributed by atoms with Crippen LogP contribution in [0.4, 0.5) is 0 Å². The van der Waals surface area contributed by atoms with E-state index in [1.807, 2.05) is 26.0 Å². The zero-order chi connectivity index (χ0) is 14.0. The molecular formula is C14H14N2O3. The first-order valence-corrected chi connectivity index (χ1v) is 5.79. The van der Waals surface area contributed by atoms with Gasteiger partial charge in [0.15, 0.2) is 0 Å². The smallest absolute Gasteiger partial charge is 0.336 e. The third kappa shape index (κ3) is 2.49. The van der Waals surface area contributed by atoms with Crippen molar-refractivity contribution in [1.82, 2.24) is 4.68 Å². The fraction of sp³-hybridized carbons (Fsp3) is 0.143. The monoisotopic (exact) mass is 258 g/mol. The summed E-state index contributed by atoms with van der Waals surface area (Å²) in [4.78, 5) is 23.2. The number of benzene rings is 1. The van der Waals surface area contributed by atoms with E-state index in [9.17, 15) is 9.59 Å². The second-order valence-corrected chi connectivity index (χ2v) is 4.24. The summed E-state index contributed by atoms with van der Waals surface area (Å²) in [7, 11) is 0. The lowest BCUT2D eigenvalue weighted by atomic mass is 10.1. The number of nitrogens with zero attached hydrogens (tertiary/aromatic N) is 1. The molecular weight excluding hydrogens is 244 g/mol. The SMILES string of the molecule is Cc1ccc(C)n1NC(=O)c1ccccc1C(=O)O. The molecule has 0 bridgehead atoms. The van der Waals surface area contributed by atoms with Gasteiger partial charge in [-0.05, 0) is 38.1 Å². The van der Waals surface area contributed by atoms with Gasteiger partial charge in [0.1, 0.15) is 0 Å². The van der Waals surface area contributed by atoms with Gasteiger partial charge in [0.2, 0.25) is 0 Å². The van der Waals surface area contributed by atoms with Crippen LogP contribution in [0.2, 0.25) is 0 Å². The molecule has 1 aromatic carbocycles. The zero-order valence-corrected chi connectivity index (χ0v) is 10.7. The molecule has 2 aromatic rings. The summed E-state index contributed by atoms with van der Waals surface area (Å²) in [5.41, 5.74) is 4.56. The number of carboxylic acid groups (broad SMARTS) is 1. The Morgan fingerprint density at radius 2 is 1.53 bits per heavy atom. The van der Waals surface area contributed by atoms with E-state index in [2.05, 4.69) is 5.43 Å². The summed E-state index contributed by atoms with van der Waals surface area (Å²) in [6, 6.07) is 9.88. The quantitative estimate of drug-likeness (QED) is 0.886. The second kappa shape index (κ2) is 4.97. The lowest BCUT2D eigenvalue weighted by molar-refractivity contribution is 0.0692. The number of nitrogens with one attached hydrogen (secondary N) is 1. The van der Waals surface area contributed by atoms with Crippen LogP contribution in [0.5, 0.6) is 0 Å². The second-order valence-electron chi connectivity index (χ2n) is 4.24. The minimum absolute atomic E-state index is 0.0116. The Hall–Kier alpha value is -2.56. The van der Waals surface area contributed by atoms with Gasteiger partial charge in [-0.15, -0.1) is 0 Å². The molecule has 0 aliphatic rings. The van der Waals surface area contributed by atoms with E-state index in [1.165, 1.54) is 12.1 Å². The fourth-order valence-electron chi connectivity index (χ4n) is 1.87. The number of amides is 1. The number of hydrogen-bond acceptors (Lipinski definition) is 2. The van der Waals surface area contributed by atoms with Crippen molar-refractivity contribution in [3.05, 3.63) is 58.9 Å². The summed E-state index contributed by atoms with van der Waals surface area (Å²) >= 11 is 0. The van der Waals surface area contributed by atoms with Gasteiger partial charge in [-0.2, -0.15) is 0 Å². The Morgan fingerprint density at radius 1 is 1.00 bits per heavy atom. The highest BCUT2D eigenvalue weighted by atomic mass is 16.4. The molecule has 1 aromatic heterocycles. The van der Waals surface area contributed by atoms with E-state index in [0.29, 0.717) is 0 Å². The molecule has 0 aliphatic carbocycles. The Bertz CT molecular complexity index is 624. The number of carboxylic acids is 1. The molecule has 2 N–H and O–H groups in total. The highest BCUT2D eigenvalue weighted by Gasteiger charge is 2.16. The van der Waals surface area contributed by atoms with Gasteiger partial charge in [0, 0.05) is 11.4 Å². The highest BCUT2D eigenvalue weighted by molar-refractivity contribution is 6.08. The minimum atomic E-state index is -1.12. The minimum Gasteiger partial charge on any atom is -0.478 e. The van der Waals surface area contributed by atoms with E-state index >= 15 is 0 Å². The Balaban J connectivity index is 2.33. The first-order valence-electron chi connectivity index (χ1n) is 5.79. The average molecular weight is 258 g/mol. The third-order valence-corrected chi connectivity index (χ3v) is 2.89. The van der Waals surface area contributed by atoms with Crippen molar-refractivity contribution in [3.8, 4) is 0 Å². The third-order valence-electron chi connectivity index (χ3n) is 2.89. The Morgan fingerprint density at radius 3 is 2.05 bits per heavy atom. The molecule has 1 heterocycles. The van der Waals surface area contributed by atoms with Gasteiger partial charge < -0.3 is 5.11 Å². The van der Waals surface area contributed by atoms with E-state index in [0.717, 1.165) is 11.4 Å². The molecule has 19 heavy (non-hydrogen) atoms. The van der Waals surface area contributed by atoms with Crippen molar-refractivity contribution in [1.29, 1.82) is 0 Å². The largest absolute Gasteiger partial charge is 0.478 e. The van der Waals surface area contributed by atoms with Crippen LogP contribution < -0.4 is 5.43 Å². The van der Waals surface area contributed by atoms with E-state index in [1.54, 1.807) is 16.8 Å². The fourth-order valence-corrected chi connectivity index (χ4v) is 1.87. The first-order chi connectivity index (χ1) is 9.00. The van der Waals surface area contributed by atoms with E-state index in [-0.39, 0.29) is 11.1 Å². The van der Waals surface area contributed by atoms with E-state index in [4.69, 9.17) is 5.11 Å². The van der Waals surface area contributed by atoms with Crippen molar-refractivity contribution in [2.24, 2.45) is 0 Å². The van der Waals surface area contributed by atoms with Crippen molar-refractivity contribution < 1.29 is 14.7 Å². The molecule has 2 rings (SSSR count). The Kier molecular flexibility index (Phi) is 3.37. The summed E-state index contributed by atoms with van der Waals surface area (Å²) < 4.78 is 1.63. The maximum Gasteiger partial charge on any atom is 0.336 e. The van der Waals surface area contributed by atoms with E-state index < -0.39 is 11.9 Å². The zero-order valence-electron chi connectivity index (χ0n) is 10.7. The number of hydrogen-bond donors (Lipinski definition) is 2. The van der Waals surface area contributed by atoms with Crippen molar-refractivity contribution in [2.75, 3.05) is 5.43 Å². The van der Waals surface area contributed by atoms with Crippen LogP contribution in [-0.2, 0) is 0 Å². The lowest BCUT2D eigenvalue weighted by Crippen LogP contribution is -2.26. The van der Waals surface area contributed by atoms with Crippen LogP contribution >= 0.6 is 0 Å². The highest BCUT2D eigenvalue weighted by Crippen LogP contribution is 2.11. The van der Waals surface area contributed by atoms with Crippen LogP contribution in [-0.4, -0.2) is 21.7 Å². The van der Waals surface area contributed by atoms with Crippen molar-refractivity contribution in [3.63, 3.8) is 0 Å². The molecule has 5 heteroatoms. The molecule has 0 atom stereocenters. The molecule has 0 unspecified atom stereocenters. The lowest BCUT2D eigenvalue weighted by Gasteiger charge is -2.12. The van der Waals surface area contributed by atoms with Gasteiger partial charge in [-0.3, -0.25) is 14.9 Å². The normalized spacial score (nSPS) is 10.2. The predicted octanol–water partition coefficient (Wildman–Crippen LogP) is 2.19. The first kappa shape index (κ1) is 12.9. The molecule has 98 valence electrons. The topological polar surface area (TPSA) is 71.3 Å². The molecule has 0 aliphatic heterocycles. The molecule has 0 fully saturated rings. The summed E-state index contributed by atoms with van der Waals surface area (Å²) in [6.45, 7) is 3.72. The number of rotatable bonds is 3. The number of aromatic nitrogens is 1. The van der Waals surface area contributed by atoms with Gasteiger partial charge in [-0.1, -0.05) is 12.1 Å². The molecule has 1 amide bonds. The van der Waals surface area contributed by atoms with Crippen LogP contribution in [0.25, 0.3) is 0 Å². The molecule has 0 spiro atoms. The number of aromatic carboxylic acids is 1. The summed E-state index contributed by atoms with van der Waals surface area (Å²) in [6.07, 6.45) is 0. The molecule has 0 saturated carbocycles. The predicted molar refractivity (Wildman–Crippen MR) is 71.0 cm³/mol. The van der Waals surface area contributed by atoms with Crippen LogP contribution in [0.1, 0.15) is 32.1 Å². The maximum absolute atomic E-state index is 12.1. The van der Waals surface area contributed by atoms with Crippen LogP contribution in [0.15, 0.2) is 36.4 Å². The Labute approximate surface area is 110 Å². The van der Waals surface area contributed by atoms with Gasteiger partial charge in [0.25, 0.3) is 5.91 Å². The standard InChI is InChI=1S/C14H14N2O3/c1-9-7-8-10(2)16(9)15-13(17)11-5-3-4-6-12(11)14(18)19/h3-8H,1-2H3,(H,15,17)(H,18,19). The average Bonchev–Trinajstić information content (AvgIpc) is 2.70. The number of aryl methyl sites for hydroxylation is 2. The molecule has 5 nitrogen and oxygen atoms in total. The van der Waals surface area contributed by atoms with Crippen molar-refractivity contribution in [2.45, 2.75) is 13.8 Å². The molecule has 0 radical (unpaired) electrons.